The molecule has 0 spiro atoms. The van der Waals surface area contributed by atoms with Gasteiger partial charge in [-0.1, -0.05) is 6.58 Å². The van der Waals surface area contributed by atoms with Gasteiger partial charge in [-0.05, 0) is 12.5 Å². The topological polar surface area (TPSA) is 15.7 Å². The summed E-state index contributed by atoms with van der Waals surface area (Å²) >= 11 is 0. The van der Waals surface area contributed by atoms with Gasteiger partial charge in [-0.15, -0.1) is 0 Å². The lowest BCUT2D eigenvalue weighted by Crippen LogP contribution is -2.30. The second-order valence-electron chi connectivity index (χ2n) is 2.60. The minimum absolute atomic E-state index is 0.884. The fourth-order valence-electron chi connectivity index (χ4n) is 0.901. The molecular weight excluding hydrogens is 140 g/mol. The molecule has 1 heterocycles. The molecule has 0 amide bonds. The number of hydrogen-bond acceptors (Lipinski definition) is 3. The lowest BCUT2D eigenvalue weighted by Gasteiger charge is -2.29. The first-order valence-corrected chi connectivity index (χ1v) is 3.67. The van der Waals surface area contributed by atoms with Crippen LogP contribution < -0.4 is 0 Å². The van der Waals surface area contributed by atoms with Crippen molar-refractivity contribution in [3.8, 4) is 0 Å². The molecule has 0 aromatic rings. The number of nitrogens with zero attached hydrogens (tertiary/aromatic N) is 2. The lowest BCUT2D eigenvalue weighted by atomic mass is 10.4. The van der Waals surface area contributed by atoms with Crippen molar-refractivity contribution in [1.29, 1.82) is 0 Å². The Balaban J connectivity index is 2.62. The standard InChI is InChI=1S/C8H14N2O/c1-8-9(2)6-4-5-7-11-10(8)3/h5,7H,1,4,6H2,2-3H3/b7-5-. The van der Waals surface area contributed by atoms with Crippen LogP contribution in [0.5, 0.6) is 0 Å². The van der Waals surface area contributed by atoms with Crippen LogP contribution in [-0.2, 0) is 4.84 Å². The molecule has 0 saturated heterocycles. The van der Waals surface area contributed by atoms with E-state index in [2.05, 4.69) is 11.5 Å². The summed E-state index contributed by atoms with van der Waals surface area (Å²) in [6.07, 6.45) is 4.70. The van der Waals surface area contributed by atoms with Crippen molar-refractivity contribution in [2.24, 2.45) is 0 Å². The predicted octanol–water partition coefficient (Wildman–Crippen LogP) is 1.17. The monoisotopic (exact) mass is 154 g/mol. The number of hydrogen-bond donors (Lipinski definition) is 0. The van der Waals surface area contributed by atoms with Gasteiger partial charge in [0.1, 0.15) is 12.1 Å². The Morgan fingerprint density at radius 1 is 1.55 bits per heavy atom. The first-order chi connectivity index (χ1) is 5.22. The predicted molar refractivity (Wildman–Crippen MR) is 44.4 cm³/mol. The van der Waals surface area contributed by atoms with Gasteiger partial charge in [0.05, 0.1) is 0 Å². The summed E-state index contributed by atoms with van der Waals surface area (Å²) in [4.78, 5) is 7.24. The zero-order valence-electron chi connectivity index (χ0n) is 7.08. The molecule has 1 aliphatic rings. The summed E-state index contributed by atoms with van der Waals surface area (Å²) in [5, 5.41) is 1.65. The van der Waals surface area contributed by atoms with Crippen LogP contribution in [0.15, 0.2) is 24.7 Å². The molecule has 0 atom stereocenters. The van der Waals surface area contributed by atoms with Crippen LogP contribution in [0.3, 0.4) is 0 Å². The zero-order valence-corrected chi connectivity index (χ0v) is 7.08. The normalized spacial score (nSPS) is 22.2. The van der Waals surface area contributed by atoms with Crippen molar-refractivity contribution < 1.29 is 4.84 Å². The summed E-state index contributed by atoms with van der Waals surface area (Å²) in [5.41, 5.74) is 0. The van der Waals surface area contributed by atoms with Gasteiger partial charge < -0.3 is 9.74 Å². The highest BCUT2D eigenvalue weighted by Gasteiger charge is 2.07. The molecule has 11 heavy (non-hydrogen) atoms. The van der Waals surface area contributed by atoms with Crippen LogP contribution in [0.25, 0.3) is 0 Å². The summed E-state index contributed by atoms with van der Waals surface area (Å²) in [5.74, 6) is 0.884. The second kappa shape index (κ2) is 3.32. The Labute approximate surface area is 67.5 Å². The van der Waals surface area contributed by atoms with Crippen LogP contribution in [-0.4, -0.2) is 30.6 Å². The molecule has 0 aliphatic carbocycles. The van der Waals surface area contributed by atoms with Gasteiger partial charge >= 0.3 is 0 Å². The van der Waals surface area contributed by atoms with Crippen molar-refractivity contribution in [1.82, 2.24) is 9.96 Å². The maximum absolute atomic E-state index is 5.18. The average Bonchev–Trinajstić information content (AvgIpc) is 2.00. The first kappa shape index (κ1) is 7.98. The maximum atomic E-state index is 5.18. The molecule has 0 saturated carbocycles. The molecule has 1 aliphatic heterocycles. The van der Waals surface area contributed by atoms with Crippen LogP contribution >= 0.6 is 0 Å². The lowest BCUT2D eigenvalue weighted by molar-refractivity contribution is -0.0701. The minimum atomic E-state index is 0.884. The van der Waals surface area contributed by atoms with Gasteiger partial charge in [-0.3, -0.25) is 0 Å². The molecule has 3 heteroatoms. The molecular formula is C8H14N2O. The van der Waals surface area contributed by atoms with E-state index >= 15 is 0 Å². The molecule has 3 nitrogen and oxygen atoms in total. The molecule has 0 radical (unpaired) electrons. The molecule has 0 bridgehead atoms. The molecule has 1 rings (SSSR count). The minimum Gasteiger partial charge on any atom is -0.387 e. The van der Waals surface area contributed by atoms with Crippen LogP contribution in [0, 0.1) is 0 Å². The SMILES string of the molecule is C=C1N(C)CC/C=C\ON1C. The van der Waals surface area contributed by atoms with Gasteiger partial charge in [0.2, 0.25) is 0 Å². The Kier molecular flexibility index (Phi) is 2.41. The highest BCUT2D eigenvalue weighted by atomic mass is 16.7. The zero-order chi connectivity index (χ0) is 8.27. The summed E-state index contributed by atoms with van der Waals surface area (Å²) < 4.78 is 0. The van der Waals surface area contributed by atoms with Crippen molar-refractivity contribution >= 4 is 0 Å². The largest absolute Gasteiger partial charge is 0.387 e. The van der Waals surface area contributed by atoms with Crippen molar-refractivity contribution in [3.63, 3.8) is 0 Å². The highest BCUT2D eigenvalue weighted by molar-refractivity contribution is 4.91. The van der Waals surface area contributed by atoms with E-state index in [0.29, 0.717) is 0 Å². The average molecular weight is 154 g/mol. The van der Waals surface area contributed by atoms with Crippen LogP contribution in [0.4, 0.5) is 0 Å². The Morgan fingerprint density at radius 3 is 3.00 bits per heavy atom. The van der Waals surface area contributed by atoms with E-state index in [1.165, 1.54) is 0 Å². The van der Waals surface area contributed by atoms with E-state index in [0.717, 1.165) is 18.8 Å². The Bertz CT molecular complexity index is 177. The van der Waals surface area contributed by atoms with Crippen molar-refractivity contribution in [2.75, 3.05) is 20.6 Å². The van der Waals surface area contributed by atoms with Crippen LogP contribution in [0.2, 0.25) is 0 Å². The fraction of sp³-hybridized carbons (Fsp3) is 0.500. The molecule has 0 aromatic carbocycles. The third-order valence-electron chi connectivity index (χ3n) is 1.75. The van der Waals surface area contributed by atoms with E-state index in [1.807, 2.05) is 20.2 Å². The molecule has 0 N–H and O–H groups in total. The smallest absolute Gasteiger partial charge is 0.132 e. The maximum Gasteiger partial charge on any atom is 0.132 e. The Morgan fingerprint density at radius 2 is 2.27 bits per heavy atom. The van der Waals surface area contributed by atoms with E-state index in [4.69, 9.17) is 4.84 Å². The Hall–Kier alpha value is -1.12. The summed E-state index contributed by atoms with van der Waals surface area (Å²) in [6, 6.07) is 0. The summed E-state index contributed by atoms with van der Waals surface area (Å²) in [7, 11) is 3.84. The second-order valence-corrected chi connectivity index (χ2v) is 2.60. The van der Waals surface area contributed by atoms with Gasteiger partial charge in [0.25, 0.3) is 0 Å². The molecule has 62 valence electrons. The van der Waals surface area contributed by atoms with E-state index in [9.17, 15) is 0 Å². The van der Waals surface area contributed by atoms with Crippen molar-refractivity contribution in [2.45, 2.75) is 6.42 Å². The molecule has 0 unspecified atom stereocenters. The fourth-order valence-corrected chi connectivity index (χ4v) is 0.901. The van der Waals surface area contributed by atoms with E-state index in [-0.39, 0.29) is 0 Å². The third kappa shape index (κ3) is 1.90. The quantitative estimate of drug-likeness (QED) is 0.521. The van der Waals surface area contributed by atoms with E-state index < -0.39 is 0 Å². The van der Waals surface area contributed by atoms with Crippen molar-refractivity contribution in [3.05, 3.63) is 24.7 Å². The van der Waals surface area contributed by atoms with E-state index in [1.54, 1.807) is 11.3 Å². The number of rotatable bonds is 0. The first-order valence-electron chi connectivity index (χ1n) is 3.67. The highest BCUT2D eigenvalue weighted by Crippen LogP contribution is 2.08. The summed E-state index contributed by atoms with van der Waals surface area (Å²) in [6.45, 7) is 4.86. The van der Waals surface area contributed by atoms with Gasteiger partial charge in [0.15, 0.2) is 0 Å². The molecule has 0 aromatic heterocycles. The molecule has 0 fully saturated rings. The van der Waals surface area contributed by atoms with Gasteiger partial charge in [0, 0.05) is 20.6 Å². The van der Waals surface area contributed by atoms with Crippen LogP contribution in [0.1, 0.15) is 6.42 Å². The third-order valence-corrected chi connectivity index (χ3v) is 1.75. The van der Waals surface area contributed by atoms with Gasteiger partial charge in [-0.2, -0.15) is 5.06 Å². The number of hydroxylamine groups is 2. The van der Waals surface area contributed by atoms with Gasteiger partial charge in [-0.25, -0.2) is 0 Å².